The average molecular weight is 537 g/mol. The van der Waals surface area contributed by atoms with Gasteiger partial charge in [-0.2, -0.15) is 0 Å². The number of anilines is 2. The molecule has 2 N–H and O–H groups in total. The van der Waals surface area contributed by atoms with E-state index in [9.17, 15) is 34.6 Å². The lowest BCUT2D eigenvalue weighted by Crippen LogP contribution is -2.13. The van der Waals surface area contributed by atoms with Crippen LogP contribution in [0.2, 0.25) is 0 Å². The molecule has 0 spiro atoms. The number of thiophene rings is 2. The van der Waals surface area contributed by atoms with Crippen molar-refractivity contribution in [2.45, 2.75) is 0 Å². The molecule has 184 valence electrons. The number of hydrogen-bond acceptors (Lipinski definition) is 10. The first-order valence-electron chi connectivity index (χ1n) is 10.3. The van der Waals surface area contributed by atoms with Gasteiger partial charge in [-0.3, -0.25) is 34.6 Å². The van der Waals surface area contributed by atoms with Crippen molar-refractivity contribution in [1.29, 1.82) is 0 Å². The molecule has 0 fully saturated rings. The first kappa shape index (κ1) is 23.8. The number of carbonyl (C=O) groups excluding carboxylic acids is 2. The SMILES string of the molecule is O=C(Nc1ccc([N+](=O)[O-])s1)c1ccc2c(=O)c3cc(C(=O)Nc4ccc([N+](=O)[O-])s4)ccc3oc2c1. The maximum Gasteiger partial charge on any atom is 0.326 e. The molecule has 0 unspecified atom stereocenters. The smallest absolute Gasteiger partial charge is 0.326 e. The van der Waals surface area contributed by atoms with Crippen molar-refractivity contribution in [3.05, 3.63) is 102 Å². The molecule has 0 aliphatic heterocycles. The maximum absolute atomic E-state index is 13.1. The van der Waals surface area contributed by atoms with Gasteiger partial charge in [-0.1, -0.05) is 0 Å². The van der Waals surface area contributed by atoms with E-state index in [1.807, 2.05) is 0 Å². The number of carbonyl (C=O) groups is 2. The van der Waals surface area contributed by atoms with E-state index in [0.717, 1.165) is 22.7 Å². The van der Waals surface area contributed by atoms with Crippen molar-refractivity contribution in [2.75, 3.05) is 10.6 Å². The van der Waals surface area contributed by atoms with Crippen LogP contribution in [-0.4, -0.2) is 21.7 Å². The third-order valence-electron chi connectivity index (χ3n) is 5.21. The third-order valence-corrected chi connectivity index (χ3v) is 7.12. The third kappa shape index (κ3) is 4.65. The number of fused-ring (bicyclic) bond motifs is 2. The quantitative estimate of drug-likeness (QED) is 0.165. The number of rotatable bonds is 6. The Morgan fingerprint density at radius 2 is 1.24 bits per heavy atom. The lowest BCUT2D eigenvalue weighted by molar-refractivity contribution is -0.380. The Labute approximate surface area is 213 Å². The Kier molecular flexibility index (Phi) is 5.95. The summed E-state index contributed by atoms with van der Waals surface area (Å²) in [4.78, 5) is 58.9. The number of benzene rings is 2. The Bertz CT molecular complexity index is 1820. The maximum atomic E-state index is 13.1. The summed E-state index contributed by atoms with van der Waals surface area (Å²) >= 11 is 1.62. The summed E-state index contributed by atoms with van der Waals surface area (Å²) in [7, 11) is 0. The number of amides is 2. The zero-order valence-electron chi connectivity index (χ0n) is 18.3. The van der Waals surface area contributed by atoms with Gasteiger partial charge in [0.25, 0.3) is 11.8 Å². The summed E-state index contributed by atoms with van der Waals surface area (Å²) < 4.78 is 5.82. The van der Waals surface area contributed by atoms with Crippen molar-refractivity contribution in [2.24, 2.45) is 0 Å². The molecule has 5 aromatic rings. The fraction of sp³-hybridized carbons (Fsp3) is 0. The normalized spacial score (nSPS) is 10.9. The van der Waals surface area contributed by atoms with Crippen LogP contribution >= 0.6 is 22.7 Å². The minimum Gasteiger partial charge on any atom is -0.456 e. The molecule has 0 saturated heterocycles. The van der Waals surface area contributed by atoms with E-state index in [1.165, 1.54) is 60.7 Å². The second-order valence-electron chi connectivity index (χ2n) is 7.55. The van der Waals surface area contributed by atoms with Gasteiger partial charge in [-0.15, -0.1) is 0 Å². The first-order valence-corrected chi connectivity index (χ1v) is 11.9. The second kappa shape index (κ2) is 9.25. The van der Waals surface area contributed by atoms with Crippen LogP contribution in [0.3, 0.4) is 0 Å². The van der Waals surface area contributed by atoms with E-state index in [4.69, 9.17) is 4.42 Å². The summed E-state index contributed by atoms with van der Waals surface area (Å²) in [6.45, 7) is 0. The molecule has 2 amide bonds. The fourth-order valence-electron chi connectivity index (χ4n) is 3.49. The predicted molar refractivity (Wildman–Crippen MR) is 138 cm³/mol. The first-order chi connectivity index (χ1) is 17.7. The monoisotopic (exact) mass is 536 g/mol. The topological polar surface area (TPSA) is 175 Å². The molecule has 0 radical (unpaired) electrons. The Morgan fingerprint density at radius 1 is 0.703 bits per heavy atom. The number of nitro groups is 2. The van der Waals surface area contributed by atoms with Crippen LogP contribution in [-0.2, 0) is 0 Å². The van der Waals surface area contributed by atoms with Gasteiger partial charge in [0.2, 0.25) is 5.43 Å². The van der Waals surface area contributed by atoms with Crippen LogP contribution < -0.4 is 16.1 Å². The molecule has 37 heavy (non-hydrogen) atoms. The van der Waals surface area contributed by atoms with Crippen LogP contribution in [0.25, 0.3) is 21.9 Å². The minimum absolute atomic E-state index is 0.115. The summed E-state index contributed by atoms with van der Waals surface area (Å²) in [5.41, 5.74) is 0.236. The van der Waals surface area contributed by atoms with Crippen molar-refractivity contribution in [3.8, 4) is 0 Å². The van der Waals surface area contributed by atoms with E-state index < -0.39 is 27.1 Å². The summed E-state index contributed by atoms with van der Waals surface area (Å²) in [5.74, 6) is -1.10. The highest BCUT2D eigenvalue weighted by Crippen LogP contribution is 2.30. The summed E-state index contributed by atoms with van der Waals surface area (Å²) in [6.07, 6.45) is 0. The zero-order valence-corrected chi connectivity index (χ0v) is 19.9. The fourth-order valence-corrected chi connectivity index (χ4v) is 4.92. The molecule has 12 nitrogen and oxygen atoms in total. The van der Waals surface area contributed by atoms with Crippen molar-refractivity contribution >= 4 is 76.4 Å². The molecular weight excluding hydrogens is 524 g/mol. The molecular formula is C23H12N4O8S2. The lowest BCUT2D eigenvalue weighted by atomic mass is 10.1. The van der Waals surface area contributed by atoms with E-state index in [2.05, 4.69) is 10.6 Å². The van der Waals surface area contributed by atoms with Gasteiger partial charge < -0.3 is 15.1 Å². The predicted octanol–water partition coefficient (Wildman–Crippen LogP) is 5.39. The second-order valence-corrected chi connectivity index (χ2v) is 9.68. The standard InChI is InChI=1S/C23H12N4O8S2/c28-21-13-3-1-12(23(30)25-18-6-8-20(37-18)27(33)34)10-16(13)35-15-4-2-11(9-14(15)21)22(29)24-17-5-7-19(36-17)26(31)32/h1-10H,(H,24,29)(H,25,30). The van der Waals surface area contributed by atoms with Crippen molar-refractivity contribution < 1.29 is 23.9 Å². The highest BCUT2D eigenvalue weighted by Gasteiger charge is 2.17. The molecule has 14 heteroatoms. The molecule has 0 aliphatic carbocycles. The van der Waals surface area contributed by atoms with E-state index in [1.54, 1.807) is 0 Å². The minimum atomic E-state index is -0.560. The van der Waals surface area contributed by atoms with Gasteiger partial charge >= 0.3 is 10.0 Å². The Balaban J connectivity index is 1.42. The van der Waals surface area contributed by atoms with Crippen molar-refractivity contribution in [3.63, 3.8) is 0 Å². The van der Waals surface area contributed by atoms with Gasteiger partial charge in [0.15, 0.2) is 0 Å². The molecule has 3 aromatic heterocycles. The molecule has 5 rings (SSSR count). The van der Waals surface area contributed by atoms with Gasteiger partial charge in [0.1, 0.15) is 21.2 Å². The van der Waals surface area contributed by atoms with Gasteiger partial charge in [-0.25, -0.2) is 0 Å². The van der Waals surface area contributed by atoms with Crippen LogP contribution in [0.15, 0.2) is 69.9 Å². The van der Waals surface area contributed by atoms with Gasteiger partial charge in [0, 0.05) is 23.3 Å². The number of hydrogen-bond donors (Lipinski definition) is 2. The van der Waals surface area contributed by atoms with Crippen LogP contribution in [0.4, 0.5) is 20.0 Å². The zero-order chi connectivity index (χ0) is 26.3. The van der Waals surface area contributed by atoms with E-state index in [0.29, 0.717) is 5.00 Å². The van der Waals surface area contributed by atoms with Gasteiger partial charge in [0.05, 0.1) is 20.6 Å². The highest BCUT2D eigenvalue weighted by atomic mass is 32.1. The lowest BCUT2D eigenvalue weighted by Gasteiger charge is -2.07. The molecule has 0 aliphatic rings. The largest absolute Gasteiger partial charge is 0.456 e. The van der Waals surface area contributed by atoms with E-state index in [-0.39, 0.29) is 48.1 Å². The number of nitrogens with zero attached hydrogens (tertiary/aromatic N) is 2. The summed E-state index contributed by atoms with van der Waals surface area (Å²) in [6, 6.07) is 13.9. The van der Waals surface area contributed by atoms with Crippen LogP contribution in [0, 0.1) is 20.2 Å². The summed E-state index contributed by atoms with van der Waals surface area (Å²) in [5, 5.41) is 27.5. The van der Waals surface area contributed by atoms with Crippen molar-refractivity contribution in [1.82, 2.24) is 0 Å². The van der Waals surface area contributed by atoms with Crippen LogP contribution in [0.1, 0.15) is 20.7 Å². The number of nitrogens with one attached hydrogen (secondary N) is 2. The molecule has 0 bridgehead atoms. The Morgan fingerprint density at radius 3 is 1.78 bits per heavy atom. The van der Waals surface area contributed by atoms with E-state index >= 15 is 0 Å². The highest BCUT2D eigenvalue weighted by molar-refractivity contribution is 7.19. The average Bonchev–Trinajstić information content (AvgIpc) is 3.54. The Hall–Kier alpha value is -4.95. The molecule has 0 saturated carbocycles. The van der Waals surface area contributed by atoms with Gasteiger partial charge in [-0.05, 0) is 71.2 Å². The molecule has 0 atom stereocenters. The molecule has 2 aromatic carbocycles. The van der Waals surface area contributed by atoms with Crippen LogP contribution in [0.5, 0.6) is 0 Å². The molecule has 3 heterocycles.